The van der Waals surface area contributed by atoms with E-state index in [0.717, 1.165) is 41.4 Å². The van der Waals surface area contributed by atoms with Crippen LogP contribution >= 0.6 is 0 Å². The fourth-order valence-corrected chi connectivity index (χ4v) is 3.95. The van der Waals surface area contributed by atoms with E-state index in [1.165, 1.54) is 6.33 Å². The van der Waals surface area contributed by atoms with Gasteiger partial charge in [-0.05, 0) is 49.2 Å². The number of para-hydroxylation sites is 1. The second kappa shape index (κ2) is 7.59. The molecule has 1 aliphatic rings. The summed E-state index contributed by atoms with van der Waals surface area (Å²) < 4.78 is 7.67. The first-order valence-electron chi connectivity index (χ1n) is 10.0. The zero-order chi connectivity index (χ0) is 20.5. The highest BCUT2D eigenvalue weighted by molar-refractivity contribution is 5.85. The minimum absolute atomic E-state index is 0.180. The molecule has 1 saturated carbocycles. The molecule has 0 spiro atoms. The van der Waals surface area contributed by atoms with Gasteiger partial charge in [-0.15, -0.1) is 0 Å². The largest absolute Gasteiger partial charge is 0.457 e. The summed E-state index contributed by atoms with van der Waals surface area (Å²) in [4.78, 5) is 20.7. The number of anilines is 1. The summed E-state index contributed by atoms with van der Waals surface area (Å²) in [6.45, 7) is 0. The van der Waals surface area contributed by atoms with Crippen molar-refractivity contribution in [2.75, 3.05) is 5.73 Å². The number of hydrogen-bond acceptors (Lipinski definition) is 6. The fourth-order valence-electron chi connectivity index (χ4n) is 3.95. The van der Waals surface area contributed by atoms with Gasteiger partial charge in [-0.1, -0.05) is 18.2 Å². The molecule has 2 aromatic heterocycles. The van der Waals surface area contributed by atoms with Gasteiger partial charge >= 0.3 is 0 Å². The molecule has 7 nitrogen and oxygen atoms in total. The SMILES string of the molecule is Nc1ncnn2c(C3CCC(=O)CC3)nc(-c3ccc(Oc4ccccc4)cc3)c12. The zero-order valence-corrected chi connectivity index (χ0v) is 16.4. The summed E-state index contributed by atoms with van der Waals surface area (Å²) >= 11 is 0. The van der Waals surface area contributed by atoms with Crippen LogP contribution < -0.4 is 10.5 Å². The Labute approximate surface area is 173 Å². The average molecular weight is 399 g/mol. The minimum atomic E-state index is 0.180. The third-order valence-electron chi connectivity index (χ3n) is 5.50. The van der Waals surface area contributed by atoms with Gasteiger partial charge in [0.1, 0.15) is 40.6 Å². The monoisotopic (exact) mass is 399 g/mol. The third kappa shape index (κ3) is 3.39. The molecule has 150 valence electrons. The number of Topliss-reactive ketones (excluding diaryl/α,β-unsaturated/α-hetero) is 1. The van der Waals surface area contributed by atoms with Crippen LogP contribution in [0.5, 0.6) is 11.5 Å². The molecule has 4 aromatic rings. The Morgan fingerprint density at radius 3 is 2.40 bits per heavy atom. The number of carbonyl (C=O) groups is 1. The van der Waals surface area contributed by atoms with Crippen molar-refractivity contribution in [1.82, 2.24) is 19.6 Å². The standard InChI is InChI=1S/C23H21N5O2/c24-22-21-20(15-8-12-19(13-9-15)30-18-4-2-1-3-5-18)27-23(28(21)26-14-25-22)16-6-10-17(29)11-7-16/h1-5,8-9,12-14,16H,6-7,10-11H2,(H2,24,25,26). The fraction of sp³-hybridized carbons (Fsp3) is 0.217. The number of ether oxygens (including phenoxy) is 1. The van der Waals surface area contributed by atoms with Gasteiger partial charge in [-0.3, -0.25) is 4.79 Å². The van der Waals surface area contributed by atoms with Crippen LogP contribution in [0.15, 0.2) is 60.9 Å². The van der Waals surface area contributed by atoms with Crippen LogP contribution in [0.3, 0.4) is 0 Å². The summed E-state index contributed by atoms with van der Waals surface area (Å²) in [7, 11) is 0. The maximum absolute atomic E-state index is 11.7. The molecule has 0 saturated heterocycles. The molecule has 1 fully saturated rings. The molecule has 1 aliphatic carbocycles. The highest BCUT2D eigenvalue weighted by atomic mass is 16.5. The number of benzene rings is 2. The van der Waals surface area contributed by atoms with E-state index in [2.05, 4.69) is 10.1 Å². The topological polar surface area (TPSA) is 95.4 Å². The van der Waals surface area contributed by atoms with Gasteiger partial charge in [0, 0.05) is 24.3 Å². The van der Waals surface area contributed by atoms with Gasteiger partial charge in [-0.2, -0.15) is 5.10 Å². The second-order valence-corrected chi connectivity index (χ2v) is 7.48. The number of nitrogens with zero attached hydrogens (tertiary/aromatic N) is 4. The molecule has 0 atom stereocenters. The molecule has 0 unspecified atom stereocenters. The number of imidazole rings is 1. The zero-order valence-electron chi connectivity index (χ0n) is 16.4. The number of rotatable bonds is 4. The van der Waals surface area contributed by atoms with E-state index in [0.29, 0.717) is 30.0 Å². The van der Waals surface area contributed by atoms with E-state index in [1.54, 1.807) is 4.52 Å². The first-order valence-corrected chi connectivity index (χ1v) is 10.0. The van der Waals surface area contributed by atoms with Gasteiger partial charge in [-0.25, -0.2) is 14.5 Å². The van der Waals surface area contributed by atoms with E-state index in [4.69, 9.17) is 15.5 Å². The van der Waals surface area contributed by atoms with Crippen LogP contribution in [0, 0.1) is 0 Å². The number of carbonyl (C=O) groups excluding carboxylic acids is 1. The van der Waals surface area contributed by atoms with Crippen LogP contribution in [-0.4, -0.2) is 25.4 Å². The lowest BCUT2D eigenvalue weighted by Gasteiger charge is -2.19. The van der Waals surface area contributed by atoms with E-state index >= 15 is 0 Å². The lowest BCUT2D eigenvalue weighted by molar-refractivity contribution is -0.120. The van der Waals surface area contributed by atoms with Crippen molar-refractivity contribution in [2.45, 2.75) is 31.6 Å². The van der Waals surface area contributed by atoms with Crippen LogP contribution in [0.4, 0.5) is 5.82 Å². The summed E-state index contributed by atoms with van der Waals surface area (Å²) in [5.74, 6) is 3.24. The minimum Gasteiger partial charge on any atom is -0.457 e. The van der Waals surface area contributed by atoms with Crippen molar-refractivity contribution in [3.63, 3.8) is 0 Å². The number of nitrogens with two attached hydrogens (primary N) is 1. The van der Waals surface area contributed by atoms with E-state index in [1.807, 2.05) is 54.6 Å². The Morgan fingerprint density at radius 2 is 1.67 bits per heavy atom. The number of aromatic nitrogens is 4. The predicted molar refractivity (Wildman–Crippen MR) is 113 cm³/mol. The lowest BCUT2D eigenvalue weighted by Crippen LogP contribution is -2.15. The summed E-state index contributed by atoms with van der Waals surface area (Å²) in [5, 5.41) is 4.41. The van der Waals surface area contributed by atoms with Gasteiger partial charge in [0.25, 0.3) is 0 Å². The van der Waals surface area contributed by atoms with Crippen molar-refractivity contribution in [1.29, 1.82) is 0 Å². The lowest BCUT2D eigenvalue weighted by atomic mass is 9.88. The van der Waals surface area contributed by atoms with Crippen LogP contribution in [0.2, 0.25) is 0 Å². The van der Waals surface area contributed by atoms with E-state index < -0.39 is 0 Å². The molecule has 30 heavy (non-hydrogen) atoms. The van der Waals surface area contributed by atoms with Crippen molar-refractivity contribution < 1.29 is 9.53 Å². The van der Waals surface area contributed by atoms with E-state index in [9.17, 15) is 4.79 Å². The smallest absolute Gasteiger partial charge is 0.153 e. The third-order valence-corrected chi connectivity index (χ3v) is 5.50. The van der Waals surface area contributed by atoms with Gasteiger partial charge < -0.3 is 10.5 Å². The van der Waals surface area contributed by atoms with Gasteiger partial charge in [0.2, 0.25) is 0 Å². The molecular weight excluding hydrogens is 378 g/mol. The molecule has 0 radical (unpaired) electrons. The summed E-state index contributed by atoms with van der Waals surface area (Å²) in [5.41, 5.74) is 8.55. The molecule has 2 aromatic carbocycles. The van der Waals surface area contributed by atoms with Crippen molar-refractivity contribution in [3.05, 3.63) is 66.7 Å². The summed E-state index contributed by atoms with van der Waals surface area (Å²) in [6, 6.07) is 17.4. The highest BCUT2D eigenvalue weighted by Gasteiger charge is 2.27. The molecule has 7 heteroatoms. The maximum atomic E-state index is 11.7. The molecule has 2 heterocycles. The normalized spacial score (nSPS) is 14.9. The second-order valence-electron chi connectivity index (χ2n) is 7.48. The quantitative estimate of drug-likeness (QED) is 0.547. The predicted octanol–water partition coefficient (Wildman–Crippen LogP) is 4.39. The average Bonchev–Trinajstić information content (AvgIpc) is 3.17. The highest BCUT2D eigenvalue weighted by Crippen LogP contribution is 2.36. The van der Waals surface area contributed by atoms with Crippen molar-refractivity contribution in [3.8, 4) is 22.8 Å². The molecular formula is C23H21N5O2. The Bertz CT molecular complexity index is 1190. The van der Waals surface area contributed by atoms with Crippen molar-refractivity contribution in [2.24, 2.45) is 0 Å². The first-order chi connectivity index (χ1) is 14.7. The van der Waals surface area contributed by atoms with Gasteiger partial charge in [0.15, 0.2) is 5.82 Å². The number of ketones is 1. The Morgan fingerprint density at radius 1 is 0.967 bits per heavy atom. The Kier molecular flexibility index (Phi) is 4.63. The van der Waals surface area contributed by atoms with Crippen LogP contribution in [-0.2, 0) is 4.79 Å². The number of fused-ring (bicyclic) bond motifs is 1. The van der Waals surface area contributed by atoms with Crippen molar-refractivity contribution >= 4 is 17.1 Å². The molecule has 0 amide bonds. The molecule has 5 rings (SSSR count). The van der Waals surface area contributed by atoms with Gasteiger partial charge in [0.05, 0.1) is 0 Å². The maximum Gasteiger partial charge on any atom is 0.153 e. The molecule has 2 N–H and O–H groups in total. The Hall–Kier alpha value is -3.74. The van der Waals surface area contributed by atoms with Crippen LogP contribution in [0.1, 0.15) is 37.4 Å². The Balaban J connectivity index is 1.51. The summed E-state index contributed by atoms with van der Waals surface area (Å²) in [6.07, 6.45) is 4.18. The van der Waals surface area contributed by atoms with E-state index in [-0.39, 0.29) is 5.92 Å². The molecule has 0 aliphatic heterocycles. The molecule has 0 bridgehead atoms. The number of nitrogen functional groups attached to an aromatic ring is 1. The van der Waals surface area contributed by atoms with Crippen LogP contribution in [0.25, 0.3) is 16.8 Å². The first kappa shape index (κ1) is 18.3. The number of hydrogen-bond donors (Lipinski definition) is 1.